The summed E-state index contributed by atoms with van der Waals surface area (Å²) in [4.78, 5) is 31.1. The number of pyridine rings is 2. The van der Waals surface area contributed by atoms with Crippen LogP contribution in [-0.2, 0) is 0 Å². The van der Waals surface area contributed by atoms with Crippen molar-refractivity contribution in [2.45, 2.75) is 0 Å². The third kappa shape index (κ3) is 2.98. The first-order valence-corrected chi connectivity index (χ1v) is 5.65. The molecule has 0 amide bonds. The van der Waals surface area contributed by atoms with Gasteiger partial charge in [0.1, 0.15) is 0 Å². The van der Waals surface area contributed by atoms with Crippen molar-refractivity contribution in [1.29, 1.82) is 0 Å². The lowest BCUT2D eigenvalue weighted by molar-refractivity contribution is 0.106. The molecule has 4 nitrogen and oxygen atoms in total. The Hall–Kier alpha value is -2.01. The third-order valence-electron chi connectivity index (χ3n) is 1.98. The molecule has 0 aromatic carbocycles. The Morgan fingerprint density at radius 1 is 0.882 bits per heavy atom. The maximum atomic E-state index is 11.7. The van der Waals surface area contributed by atoms with Crippen molar-refractivity contribution < 1.29 is 9.59 Å². The highest BCUT2D eigenvalue weighted by Gasteiger charge is 2.14. The maximum absolute atomic E-state index is 11.7. The average Bonchev–Trinajstić information content (AvgIpc) is 2.40. The summed E-state index contributed by atoms with van der Waals surface area (Å²) in [6.07, 6.45) is 6.02. The SMILES string of the molecule is O=C(SC(=O)c1cccnc1)c1cccnc1. The molecule has 84 valence electrons. The van der Waals surface area contributed by atoms with Crippen molar-refractivity contribution >= 4 is 22.0 Å². The molecule has 2 aromatic heterocycles. The van der Waals surface area contributed by atoms with E-state index in [9.17, 15) is 9.59 Å². The van der Waals surface area contributed by atoms with Gasteiger partial charge in [-0.2, -0.15) is 0 Å². The summed E-state index contributed by atoms with van der Waals surface area (Å²) in [5.74, 6) is 0. The van der Waals surface area contributed by atoms with E-state index < -0.39 is 0 Å². The number of aromatic nitrogens is 2. The van der Waals surface area contributed by atoms with Gasteiger partial charge in [-0.3, -0.25) is 19.6 Å². The summed E-state index contributed by atoms with van der Waals surface area (Å²) in [7, 11) is 0. The molecule has 0 aliphatic rings. The van der Waals surface area contributed by atoms with Gasteiger partial charge in [0, 0.05) is 35.9 Å². The number of thioether (sulfide) groups is 1. The fourth-order valence-corrected chi connectivity index (χ4v) is 1.81. The highest BCUT2D eigenvalue weighted by Crippen LogP contribution is 2.16. The van der Waals surface area contributed by atoms with Crippen LogP contribution in [0.1, 0.15) is 20.7 Å². The van der Waals surface area contributed by atoms with Gasteiger partial charge in [0.15, 0.2) is 0 Å². The molecule has 0 saturated carbocycles. The second-order valence-corrected chi connectivity index (χ2v) is 4.11. The molecule has 0 fully saturated rings. The fraction of sp³-hybridized carbons (Fsp3) is 0. The van der Waals surface area contributed by atoms with E-state index in [1.165, 1.54) is 12.4 Å². The molecule has 0 bridgehead atoms. The van der Waals surface area contributed by atoms with Crippen molar-refractivity contribution in [1.82, 2.24) is 9.97 Å². The second kappa shape index (κ2) is 5.36. The Kier molecular flexibility index (Phi) is 3.62. The molecule has 2 heterocycles. The van der Waals surface area contributed by atoms with E-state index in [-0.39, 0.29) is 10.2 Å². The number of carbonyl (C=O) groups excluding carboxylic acids is 2. The molecule has 17 heavy (non-hydrogen) atoms. The zero-order chi connectivity index (χ0) is 12.1. The Labute approximate surface area is 102 Å². The van der Waals surface area contributed by atoms with Gasteiger partial charge in [-0.25, -0.2) is 0 Å². The molecule has 0 atom stereocenters. The largest absolute Gasteiger partial charge is 0.281 e. The van der Waals surface area contributed by atoms with Crippen LogP contribution in [0.2, 0.25) is 0 Å². The molecule has 2 aromatic rings. The second-order valence-electron chi connectivity index (χ2n) is 3.16. The number of hydrogen-bond acceptors (Lipinski definition) is 5. The molecule has 0 aliphatic heterocycles. The lowest BCUT2D eigenvalue weighted by Gasteiger charge is -1.99. The quantitative estimate of drug-likeness (QED) is 0.810. The van der Waals surface area contributed by atoms with E-state index in [0.717, 1.165) is 0 Å². The Morgan fingerprint density at radius 3 is 1.71 bits per heavy atom. The monoisotopic (exact) mass is 244 g/mol. The van der Waals surface area contributed by atoms with Crippen LogP contribution < -0.4 is 0 Å². The molecule has 0 radical (unpaired) electrons. The minimum Gasteiger partial charge on any atom is -0.281 e. The van der Waals surface area contributed by atoms with Crippen molar-refractivity contribution in [2.24, 2.45) is 0 Å². The van der Waals surface area contributed by atoms with Gasteiger partial charge in [0.05, 0.1) is 0 Å². The number of rotatable bonds is 2. The fourth-order valence-electron chi connectivity index (χ4n) is 1.17. The lowest BCUT2D eigenvalue weighted by atomic mass is 10.3. The summed E-state index contributed by atoms with van der Waals surface area (Å²) in [5, 5.41) is -0.626. The van der Waals surface area contributed by atoms with Crippen LogP contribution in [0.25, 0.3) is 0 Å². The predicted octanol–water partition coefficient (Wildman–Crippen LogP) is 2.19. The molecular formula is C12H8N2O2S. The van der Waals surface area contributed by atoms with Crippen LogP contribution in [0.4, 0.5) is 0 Å². The molecule has 0 aliphatic carbocycles. The molecule has 2 rings (SSSR count). The first kappa shape index (κ1) is 11.5. The van der Waals surface area contributed by atoms with E-state index in [2.05, 4.69) is 9.97 Å². The van der Waals surface area contributed by atoms with Gasteiger partial charge in [-0.05, 0) is 36.0 Å². The molecule has 0 spiro atoms. The zero-order valence-corrected chi connectivity index (χ0v) is 9.55. The molecular weight excluding hydrogens is 236 g/mol. The van der Waals surface area contributed by atoms with Gasteiger partial charge >= 0.3 is 0 Å². The highest BCUT2D eigenvalue weighted by atomic mass is 32.2. The van der Waals surface area contributed by atoms with E-state index in [0.29, 0.717) is 22.9 Å². The van der Waals surface area contributed by atoms with Crippen molar-refractivity contribution in [3.05, 3.63) is 60.2 Å². The van der Waals surface area contributed by atoms with Gasteiger partial charge in [-0.1, -0.05) is 0 Å². The van der Waals surface area contributed by atoms with Gasteiger partial charge in [0.2, 0.25) is 10.2 Å². The van der Waals surface area contributed by atoms with Crippen LogP contribution in [0.5, 0.6) is 0 Å². The molecule has 0 unspecified atom stereocenters. The first-order chi connectivity index (χ1) is 8.27. The van der Waals surface area contributed by atoms with E-state index in [4.69, 9.17) is 0 Å². The summed E-state index contributed by atoms with van der Waals surface area (Å²) in [6.45, 7) is 0. The predicted molar refractivity (Wildman–Crippen MR) is 64.7 cm³/mol. The van der Waals surface area contributed by atoms with Crippen molar-refractivity contribution in [3.63, 3.8) is 0 Å². The summed E-state index contributed by atoms with van der Waals surface area (Å²) >= 11 is 0.648. The van der Waals surface area contributed by atoms with E-state index >= 15 is 0 Å². The van der Waals surface area contributed by atoms with Crippen molar-refractivity contribution in [2.75, 3.05) is 0 Å². The van der Waals surface area contributed by atoms with Crippen LogP contribution in [0.3, 0.4) is 0 Å². The van der Waals surface area contributed by atoms with Crippen molar-refractivity contribution in [3.8, 4) is 0 Å². The van der Waals surface area contributed by atoms with Crippen LogP contribution in [0.15, 0.2) is 49.1 Å². The first-order valence-electron chi connectivity index (χ1n) is 4.84. The van der Waals surface area contributed by atoms with Crippen LogP contribution in [0, 0.1) is 0 Å². The lowest BCUT2D eigenvalue weighted by Crippen LogP contribution is -2.01. The van der Waals surface area contributed by atoms with E-state index in [1.54, 1.807) is 36.7 Å². The minimum atomic E-state index is -0.313. The third-order valence-corrected chi connectivity index (χ3v) is 2.82. The number of nitrogens with zero attached hydrogens (tertiary/aromatic N) is 2. The maximum Gasteiger partial charge on any atom is 0.228 e. The highest BCUT2D eigenvalue weighted by molar-refractivity contribution is 8.26. The van der Waals surface area contributed by atoms with E-state index in [1.807, 2.05) is 0 Å². The standard InChI is InChI=1S/C12H8N2O2S/c15-11(9-3-1-5-13-7-9)17-12(16)10-4-2-6-14-8-10/h1-8H. The van der Waals surface area contributed by atoms with Crippen LogP contribution in [-0.4, -0.2) is 20.2 Å². The van der Waals surface area contributed by atoms with Gasteiger partial charge < -0.3 is 0 Å². The number of carbonyl (C=O) groups is 2. The topological polar surface area (TPSA) is 59.9 Å². The zero-order valence-electron chi connectivity index (χ0n) is 8.74. The molecule has 0 saturated heterocycles. The normalized spacial score (nSPS) is 9.88. The Balaban J connectivity index is 2.08. The summed E-state index contributed by atoms with van der Waals surface area (Å²) in [5.41, 5.74) is 0.824. The summed E-state index contributed by atoms with van der Waals surface area (Å²) in [6, 6.07) is 6.56. The van der Waals surface area contributed by atoms with Gasteiger partial charge in [0.25, 0.3) is 0 Å². The van der Waals surface area contributed by atoms with Gasteiger partial charge in [-0.15, -0.1) is 0 Å². The minimum absolute atomic E-state index is 0.313. The smallest absolute Gasteiger partial charge is 0.228 e. The molecule has 0 N–H and O–H groups in total. The Bertz CT molecular complexity index is 479. The Morgan fingerprint density at radius 2 is 1.35 bits per heavy atom. The number of hydrogen-bond donors (Lipinski definition) is 0. The summed E-state index contributed by atoms with van der Waals surface area (Å²) < 4.78 is 0. The molecule has 5 heteroatoms. The average molecular weight is 244 g/mol. The van der Waals surface area contributed by atoms with Crippen LogP contribution >= 0.6 is 11.8 Å².